The molecule has 4 aromatic rings. The average Bonchev–Trinajstić information content (AvgIpc) is 3.58. The zero-order valence-corrected chi connectivity index (χ0v) is 25.3. The molecule has 1 aromatic heterocycles. The highest BCUT2D eigenvalue weighted by Crippen LogP contribution is 2.33. The normalized spacial score (nSPS) is 13.8. The third-order valence-electron chi connectivity index (χ3n) is 8.03. The van der Waals surface area contributed by atoms with Gasteiger partial charge >= 0.3 is 0 Å². The quantitative estimate of drug-likeness (QED) is 0.265. The maximum Gasteiger partial charge on any atom is 0.254 e. The molecule has 0 aliphatic carbocycles. The van der Waals surface area contributed by atoms with E-state index >= 15 is 0 Å². The van der Waals surface area contributed by atoms with Crippen molar-refractivity contribution in [3.8, 4) is 34.3 Å². The van der Waals surface area contributed by atoms with Crippen LogP contribution in [0.1, 0.15) is 15.9 Å². The first-order chi connectivity index (χ1) is 22.0. The number of hydrogen-bond donors (Lipinski definition) is 0. The summed E-state index contributed by atoms with van der Waals surface area (Å²) in [4.78, 5) is 32.7. The fourth-order valence-corrected chi connectivity index (χ4v) is 5.46. The number of benzene rings is 3. The average molecular weight is 610 g/mol. The molecule has 3 aromatic carbocycles. The van der Waals surface area contributed by atoms with Crippen LogP contribution in [-0.4, -0.2) is 92.1 Å². The number of hydrogen-bond acceptors (Lipinski definition) is 9. The van der Waals surface area contributed by atoms with Crippen LogP contribution in [0, 0.1) is 0 Å². The second-order valence-corrected chi connectivity index (χ2v) is 10.7. The smallest absolute Gasteiger partial charge is 0.254 e. The van der Waals surface area contributed by atoms with Crippen LogP contribution in [0.15, 0.2) is 78.9 Å². The van der Waals surface area contributed by atoms with Gasteiger partial charge in [-0.25, -0.2) is 0 Å². The molecule has 0 N–H and O–H groups in total. The zero-order chi connectivity index (χ0) is 31.2. The predicted molar refractivity (Wildman–Crippen MR) is 168 cm³/mol. The van der Waals surface area contributed by atoms with Gasteiger partial charge in [0.2, 0.25) is 12.7 Å². The molecule has 0 radical (unpaired) electrons. The largest absolute Gasteiger partial charge is 0.493 e. The Labute approximate surface area is 261 Å². The molecule has 3 heterocycles. The van der Waals surface area contributed by atoms with Crippen molar-refractivity contribution in [2.24, 2.45) is 0 Å². The van der Waals surface area contributed by atoms with Gasteiger partial charge in [0.1, 0.15) is 6.54 Å². The Balaban J connectivity index is 1.08. The first kappa shape index (κ1) is 29.7. The Morgan fingerprint density at radius 2 is 1.60 bits per heavy atom. The van der Waals surface area contributed by atoms with Crippen molar-refractivity contribution in [2.75, 3.05) is 65.2 Å². The van der Waals surface area contributed by atoms with Crippen LogP contribution in [0.2, 0.25) is 0 Å². The molecule has 0 saturated carbocycles. The number of aromatic nitrogens is 2. The number of ether oxygens (including phenoxy) is 4. The van der Waals surface area contributed by atoms with E-state index in [1.807, 2.05) is 65.6 Å². The molecule has 0 bridgehead atoms. The third-order valence-corrected chi connectivity index (χ3v) is 8.03. The molecular formula is C34H35N5O6. The van der Waals surface area contributed by atoms with Crippen LogP contribution in [0.5, 0.6) is 23.0 Å². The summed E-state index contributed by atoms with van der Waals surface area (Å²) in [7, 11) is 3.20. The van der Waals surface area contributed by atoms with Crippen LogP contribution < -0.4 is 23.8 Å². The molecule has 11 heteroatoms. The lowest BCUT2D eigenvalue weighted by molar-refractivity contribution is -0.132. The second kappa shape index (κ2) is 13.5. The molecule has 2 aliphatic heterocycles. The van der Waals surface area contributed by atoms with Crippen molar-refractivity contribution in [1.82, 2.24) is 20.0 Å². The summed E-state index contributed by atoms with van der Waals surface area (Å²) in [5.41, 5.74) is 3.14. The third kappa shape index (κ3) is 6.77. The van der Waals surface area contributed by atoms with E-state index in [-0.39, 0.29) is 25.2 Å². The zero-order valence-electron chi connectivity index (χ0n) is 25.3. The van der Waals surface area contributed by atoms with Crippen molar-refractivity contribution >= 4 is 17.6 Å². The molecule has 0 unspecified atom stereocenters. The minimum atomic E-state index is -0.221. The number of nitrogens with zero attached hydrogens (tertiary/aromatic N) is 5. The van der Waals surface area contributed by atoms with Crippen molar-refractivity contribution in [3.63, 3.8) is 0 Å². The molecular weight excluding hydrogens is 574 g/mol. The molecule has 6 rings (SSSR count). The van der Waals surface area contributed by atoms with E-state index in [9.17, 15) is 9.59 Å². The van der Waals surface area contributed by atoms with Gasteiger partial charge in [-0.05, 0) is 60.5 Å². The molecule has 0 spiro atoms. The van der Waals surface area contributed by atoms with E-state index < -0.39 is 0 Å². The minimum Gasteiger partial charge on any atom is -0.493 e. The molecule has 1 saturated heterocycles. The number of amides is 2. The van der Waals surface area contributed by atoms with E-state index in [1.54, 1.807) is 37.3 Å². The summed E-state index contributed by atoms with van der Waals surface area (Å²) in [6.45, 7) is 2.77. The van der Waals surface area contributed by atoms with Gasteiger partial charge in [-0.1, -0.05) is 30.3 Å². The maximum atomic E-state index is 13.6. The van der Waals surface area contributed by atoms with Gasteiger partial charge < -0.3 is 33.6 Å². The van der Waals surface area contributed by atoms with Gasteiger partial charge in [0.25, 0.3) is 5.91 Å². The van der Waals surface area contributed by atoms with Gasteiger partial charge in [-0.15, -0.1) is 10.2 Å². The van der Waals surface area contributed by atoms with Crippen molar-refractivity contribution < 1.29 is 28.5 Å². The van der Waals surface area contributed by atoms with E-state index in [4.69, 9.17) is 18.9 Å². The summed E-state index contributed by atoms with van der Waals surface area (Å²) in [6, 6.07) is 24.5. The highest BCUT2D eigenvalue weighted by molar-refractivity contribution is 5.97. The number of fused-ring (bicyclic) bond motifs is 1. The maximum absolute atomic E-state index is 13.6. The molecule has 1 fully saturated rings. The second-order valence-electron chi connectivity index (χ2n) is 10.7. The number of piperazine rings is 1. The highest BCUT2D eigenvalue weighted by atomic mass is 16.7. The Hall–Kier alpha value is -5.32. The topological polar surface area (TPSA) is 107 Å². The number of rotatable bonds is 10. The van der Waals surface area contributed by atoms with Crippen LogP contribution in [0.25, 0.3) is 11.3 Å². The number of carbonyl (C=O) groups excluding carboxylic acids is 2. The van der Waals surface area contributed by atoms with E-state index in [0.717, 1.165) is 22.6 Å². The van der Waals surface area contributed by atoms with Crippen LogP contribution in [-0.2, 0) is 11.2 Å². The molecule has 0 atom stereocenters. The summed E-state index contributed by atoms with van der Waals surface area (Å²) in [5, 5.41) is 8.89. The summed E-state index contributed by atoms with van der Waals surface area (Å²) in [6.07, 6.45) is 0.635. The van der Waals surface area contributed by atoms with Gasteiger partial charge in [0.05, 0.1) is 19.9 Å². The first-order valence-corrected chi connectivity index (χ1v) is 14.8. The molecule has 2 amide bonds. The lowest BCUT2D eigenvalue weighted by atomic mass is 10.1. The highest BCUT2D eigenvalue weighted by Gasteiger charge is 2.27. The monoisotopic (exact) mass is 609 g/mol. The molecule has 45 heavy (non-hydrogen) atoms. The fraction of sp³-hybridized carbons (Fsp3) is 0.294. The number of carbonyl (C=O) groups is 2. The van der Waals surface area contributed by atoms with Gasteiger partial charge in [-0.2, -0.15) is 0 Å². The van der Waals surface area contributed by atoms with Crippen LogP contribution >= 0.6 is 0 Å². The fourth-order valence-electron chi connectivity index (χ4n) is 5.46. The van der Waals surface area contributed by atoms with E-state index in [0.29, 0.717) is 67.7 Å². The lowest BCUT2D eigenvalue weighted by Crippen LogP contribution is -2.52. The molecule has 232 valence electrons. The van der Waals surface area contributed by atoms with Crippen molar-refractivity contribution in [2.45, 2.75) is 6.42 Å². The Morgan fingerprint density at radius 3 is 2.33 bits per heavy atom. The Kier molecular flexibility index (Phi) is 8.95. The van der Waals surface area contributed by atoms with Crippen molar-refractivity contribution in [1.29, 1.82) is 0 Å². The summed E-state index contributed by atoms with van der Waals surface area (Å²) >= 11 is 0. The van der Waals surface area contributed by atoms with Gasteiger partial charge in [0.15, 0.2) is 28.8 Å². The van der Waals surface area contributed by atoms with Gasteiger partial charge in [0, 0.05) is 43.9 Å². The molecule has 11 nitrogen and oxygen atoms in total. The van der Waals surface area contributed by atoms with E-state index in [2.05, 4.69) is 15.1 Å². The number of methoxy groups -OCH3 is 2. The SMILES string of the molecule is COc1ccc(-c2ccc(N3CCN(C(=O)CN(CCc4ccccc4)C(=O)c4ccc5c(c4)OCO5)CC3)nn2)cc1OC. The standard InChI is InChI=1S/C34H35N5O6/c1-42-28-11-8-25(20-30(28)43-2)27-10-13-32(36-35-27)37-16-18-38(19-17-37)33(40)22-39(15-14-24-6-4-3-5-7-24)34(41)26-9-12-29-31(21-26)45-23-44-29/h3-13,20-21H,14-19,22-23H2,1-2H3. The number of anilines is 1. The van der Waals surface area contributed by atoms with Crippen LogP contribution in [0.3, 0.4) is 0 Å². The summed E-state index contributed by atoms with van der Waals surface area (Å²) < 4.78 is 21.6. The van der Waals surface area contributed by atoms with Gasteiger partial charge in [-0.3, -0.25) is 9.59 Å². The predicted octanol–water partition coefficient (Wildman–Crippen LogP) is 3.92. The lowest BCUT2D eigenvalue weighted by Gasteiger charge is -2.36. The molecule has 2 aliphatic rings. The van der Waals surface area contributed by atoms with Crippen molar-refractivity contribution in [3.05, 3.63) is 90.0 Å². The van der Waals surface area contributed by atoms with Crippen LogP contribution in [0.4, 0.5) is 5.82 Å². The summed E-state index contributed by atoms with van der Waals surface area (Å²) in [5.74, 6) is 2.84. The Bertz CT molecular complexity index is 1640. The Morgan fingerprint density at radius 1 is 0.822 bits per heavy atom. The minimum absolute atomic E-state index is 0.0140. The van der Waals surface area contributed by atoms with E-state index in [1.165, 1.54) is 0 Å². The first-order valence-electron chi connectivity index (χ1n) is 14.8.